The molecule has 0 N–H and O–H groups in total. The molecule has 3 heteroatoms. The van der Waals surface area contributed by atoms with Gasteiger partial charge in [-0.25, -0.2) is 4.98 Å². The van der Waals surface area contributed by atoms with E-state index in [2.05, 4.69) is 112 Å². The van der Waals surface area contributed by atoms with E-state index in [-0.39, 0.29) is 0 Å². The van der Waals surface area contributed by atoms with E-state index < -0.39 is 0 Å². The summed E-state index contributed by atoms with van der Waals surface area (Å²) in [5.74, 6) is 0. The van der Waals surface area contributed by atoms with Gasteiger partial charge in [-0.05, 0) is 42.5 Å². The Labute approximate surface area is 183 Å². The summed E-state index contributed by atoms with van der Waals surface area (Å²) in [6.45, 7) is 0. The van der Waals surface area contributed by atoms with Crippen LogP contribution in [-0.4, -0.2) is 14.0 Å². The van der Waals surface area contributed by atoms with Crippen molar-refractivity contribution in [3.8, 4) is 5.69 Å². The minimum atomic E-state index is 1.04. The van der Waals surface area contributed by atoms with E-state index in [1.54, 1.807) is 0 Å². The van der Waals surface area contributed by atoms with Crippen molar-refractivity contribution >= 4 is 60.0 Å². The van der Waals surface area contributed by atoms with E-state index in [0.29, 0.717) is 0 Å². The Morgan fingerprint density at radius 3 is 2.31 bits per heavy atom. The number of rotatable bonds is 1. The maximum Gasteiger partial charge on any atom is 0.0978 e. The fourth-order valence-corrected chi connectivity index (χ4v) is 5.51. The van der Waals surface area contributed by atoms with E-state index >= 15 is 0 Å². The minimum absolute atomic E-state index is 1.04. The molecule has 3 nitrogen and oxygen atoms in total. The molecule has 0 radical (unpaired) electrons. The van der Waals surface area contributed by atoms with Crippen LogP contribution >= 0.6 is 0 Å². The van der Waals surface area contributed by atoms with Crippen molar-refractivity contribution < 1.29 is 0 Å². The normalized spacial score (nSPS) is 12.4. The molecule has 8 aromatic rings. The summed E-state index contributed by atoms with van der Waals surface area (Å²) >= 11 is 0. The molecule has 0 saturated heterocycles. The zero-order chi connectivity index (χ0) is 20.8. The standard InChI is InChI=1S/C29H17N3/c1-2-9-20(10-3-1)32-23-13-7-5-11-21(23)26-24(32)17-19-14-15-31-25-16-18-8-4-6-12-22(18)30-28(25)27(26)29(19)31/h1-17H. The fraction of sp³-hybridized carbons (Fsp3) is 0. The van der Waals surface area contributed by atoms with Gasteiger partial charge in [-0.1, -0.05) is 54.6 Å². The largest absolute Gasteiger partial charge is 0.314 e. The molecule has 0 bridgehead atoms. The lowest BCUT2D eigenvalue weighted by Gasteiger charge is -2.07. The molecule has 32 heavy (non-hydrogen) atoms. The second kappa shape index (κ2) is 5.65. The van der Waals surface area contributed by atoms with Crippen molar-refractivity contribution in [2.75, 3.05) is 0 Å². The van der Waals surface area contributed by atoms with E-state index in [0.717, 1.165) is 16.6 Å². The number of nitrogens with zero attached hydrogens (tertiary/aromatic N) is 3. The van der Waals surface area contributed by atoms with Crippen LogP contribution in [-0.2, 0) is 0 Å². The Hall–Kier alpha value is -4.37. The first kappa shape index (κ1) is 16.3. The predicted octanol–water partition coefficient (Wildman–Crippen LogP) is 7.33. The third kappa shape index (κ3) is 1.89. The molecule has 0 aliphatic rings. The van der Waals surface area contributed by atoms with Gasteiger partial charge >= 0.3 is 0 Å². The fourth-order valence-electron chi connectivity index (χ4n) is 5.51. The molecule has 0 atom stereocenters. The average Bonchev–Trinajstić information content (AvgIpc) is 3.50. The van der Waals surface area contributed by atoms with Gasteiger partial charge in [0.1, 0.15) is 0 Å². The van der Waals surface area contributed by atoms with E-state index in [1.165, 1.54) is 49.2 Å². The summed E-state index contributed by atoms with van der Waals surface area (Å²) in [6.07, 6.45) is 2.18. The van der Waals surface area contributed by atoms with Crippen molar-refractivity contribution in [1.29, 1.82) is 0 Å². The summed E-state index contributed by atoms with van der Waals surface area (Å²) in [5, 5.41) is 6.20. The molecule has 0 unspecified atom stereocenters. The zero-order valence-electron chi connectivity index (χ0n) is 17.2. The van der Waals surface area contributed by atoms with Crippen molar-refractivity contribution in [3.05, 3.63) is 103 Å². The number of hydrogen-bond acceptors (Lipinski definition) is 1. The van der Waals surface area contributed by atoms with E-state index in [9.17, 15) is 0 Å². The highest BCUT2D eigenvalue weighted by atomic mass is 15.0. The van der Waals surface area contributed by atoms with Crippen molar-refractivity contribution in [2.24, 2.45) is 0 Å². The quantitative estimate of drug-likeness (QED) is 0.279. The number of para-hydroxylation sites is 3. The molecular weight excluding hydrogens is 390 g/mol. The van der Waals surface area contributed by atoms with Gasteiger partial charge in [0.15, 0.2) is 0 Å². The van der Waals surface area contributed by atoms with Gasteiger partial charge in [-0.2, -0.15) is 0 Å². The second-order valence-electron chi connectivity index (χ2n) is 8.51. The molecule has 0 aliphatic heterocycles. The highest BCUT2D eigenvalue weighted by Gasteiger charge is 2.22. The topological polar surface area (TPSA) is 22.2 Å². The lowest BCUT2D eigenvalue weighted by Crippen LogP contribution is -1.92. The minimum Gasteiger partial charge on any atom is -0.314 e. The van der Waals surface area contributed by atoms with E-state index in [1.807, 2.05) is 0 Å². The summed E-state index contributed by atoms with van der Waals surface area (Å²) in [4.78, 5) is 5.18. The first-order chi connectivity index (χ1) is 15.9. The van der Waals surface area contributed by atoms with Crippen LogP contribution in [0.2, 0.25) is 0 Å². The van der Waals surface area contributed by atoms with Crippen molar-refractivity contribution in [3.63, 3.8) is 0 Å². The molecule has 4 aromatic carbocycles. The number of benzene rings is 4. The smallest absolute Gasteiger partial charge is 0.0978 e. The lowest BCUT2D eigenvalue weighted by molar-refractivity contribution is 1.18. The van der Waals surface area contributed by atoms with Crippen LogP contribution in [0.5, 0.6) is 0 Å². The van der Waals surface area contributed by atoms with Crippen molar-refractivity contribution in [1.82, 2.24) is 14.0 Å². The van der Waals surface area contributed by atoms with Crippen LogP contribution < -0.4 is 0 Å². The molecule has 4 aromatic heterocycles. The molecule has 4 heterocycles. The first-order valence-corrected chi connectivity index (χ1v) is 10.9. The molecule has 0 aliphatic carbocycles. The zero-order valence-corrected chi connectivity index (χ0v) is 17.2. The summed E-state index contributed by atoms with van der Waals surface area (Å²) in [7, 11) is 0. The van der Waals surface area contributed by atoms with Gasteiger partial charge < -0.3 is 8.97 Å². The molecule has 0 fully saturated rings. The van der Waals surface area contributed by atoms with Crippen LogP contribution in [0, 0.1) is 0 Å². The number of fused-ring (bicyclic) bond motifs is 8. The van der Waals surface area contributed by atoms with Gasteiger partial charge in [0.05, 0.1) is 33.1 Å². The summed E-state index contributed by atoms with van der Waals surface area (Å²) < 4.78 is 4.70. The Kier molecular flexibility index (Phi) is 2.89. The monoisotopic (exact) mass is 407 g/mol. The molecule has 0 amide bonds. The third-order valence-corrected chi connectivity index (χ3v) is 6.82. The van der Waals surface area contributed by atoms with Crippen LogP contribution in [0.4, 0.5) is 0 Å². The maximum atomic E-state index is 5.18. The molecule has 0 spiro atoms. The number of hydrogen-bond donors (Lipinski definition) is 0. The van der Waals surface area contributed by atoms with Gasteiger partial charge in [0.2, 0.25) is 0 Å². The average molecular weight is 407 g/mol. The molecule has 148 valence electrons. The van der Waals surface area contributed by atoms with E-state index in [4.69, 9.17) is 4.98 Å². The SMILES string of the molecule is c1ccc(-n2c3ccccc3c3c4c5nc6ccccc6cc5n5ccc(cc32)c45)cc1. The van der Waals surface area contributed by atoms with Gasteiger partial charge in [-0.15, -0.1) is 0 Å². The van der Waals surface area contributed by atoms with Crippen LogP contribution in [0.15, 0.2) is 103 Å². The Morgan fingerprint density at radius 2 is 1.38 bits per heavy atom. The Morgan fingerprint density at radius 1 is 0.594 bits per heavy atom. The van der Waals surface area contributed by atoms with Crippen LogP contribution in [0.3, 0.4) is 0 Å². The summed E-state index contributed by atoms with van der Waals surface area (Å²) in [5.41, 5.74) is 8.15. The van der Waals surface area contributed by atoms with Gasteiger partial charge in [0.25, 0.3) is 0 Å². The van der Waals surface area contributed by atoms with Gasteiger partial charge in [-0.3, -0.25) is 0 Å². The first-order valence-electron chi connectivity index (χ1n) is 10.9. The summed E-state index contributed by atoms with van der Waals surface area (Å²) in [6, 6.07) is 34.6. The van der Waals surface area contributed by atoms with Crippen LogP contribution in [0.25, 0.3) is 65.7 Å². The van der Waals surface area contributed by atoms with Gasteiger partial charge in [0, 0.05) is 38.8 Å². The lowest BCUT2D eigenvalue weighted by atomic mass is 10.1. The second-order valence-corrected chi connectivity index (χ2v) is 8.51. The molecular formula is C29H17N3. The Bertz CT molecular complexity index is 1970. The maximum absolute atomic E-state index is 5.18. The Balaban J connectivity index is 1.70. The predicted molar refractivity (Wildman–Crippen MR) is 133 cm³/mol. The number of aromatic nitrogens is 3. The molecule has 0 saturated carbocycles. The third-order valence-electron chi connectivity index (χ3n) is 6.82. The number of pyridine rings is 1. The molecule has 8 rings (SSSR count). The van der Waals surface area contributed by atoms with Crippen LogP contribution in [0.1, 0.15) is 0 Å². The highest BCUT2D eigenvalue weighted by molar-refractivity contribution is 6.31. The highest BCUT2D eigenvalue weighted by Crippen LogP contribution is 2.43. The van der Waals surface area contributed by atoms with Crippen molar-refractivity contribution in [2.45, 2.75) is 0 Å².